The fourth-order valence-electron chi connectivity index (χ4n) is 1.32. The van der Waals surface area contributed by atoms with Crippen molar-refractivity contribution in [1.29, 1.82) is 0 Å². The fourth-order valence-corrected chi connectivity index (χ4v) is 1.65. The second-order valence-corrected chi connectivity index (χ2v) is 6.10. The lowest BCUT2D eigenvalue weighted by molar-refractivity contribution is -0.348. The molecule has 0 aromatic heterocycles. The topological polar surface area (TPSA) is 122 Å². The van der Waals surface area contributed by atoms with Crippen molar-refractivity contribution in [3.8, 4) is 0 Å². The van der Waals surface area contributed by atoms with Gasteiger partial charge in [-0.2, -0.15) is 26.3 Å². The second kappa shape index (κ2) is 8.71. The van der Waals surface area contributed by atoms with Gasteiger partial charge in [0.25, 0.3) is 0 Å². The maximum Gasteiger partial charge on any atom is 0.466 e. The molecule has 15 heteroatoms. The Balaban J connectivity index is 5.85. The summed E-state index contributed by atoms with van der Waals surface area (Å²) in [5.41, 5.74) is 0. The Morgan fingerprint density at radius 3 is 2.07 bits per heavy atom. The molecule has 1 N–H and O–H groups in total. The van der Waals surface area contributed by atoms with E-state index in [9.17, 15) is 48.9 Å². The summed E-state index contributed by atoms with van der Waals surface area (Å²) in [6, 6.07) is 0. The number of amides is 1. The van der Waals surface area contributed by atoms with Crippen LogP contribution >= 0.6 is 0 Å². The maximum atomic E-state index is 13.3. The highest BCUT2D eigenvalue weighted by molar-refractivity contribution is 7.86. The van der Waals surface area contributed by atoms with Gasteiger partial charge in [-0.15, -0.1) is 6.58 Å². The zero-order valence-corrected chi connectivity index (χ0v) is 14.0. The molecule has 1 amide bonds. The normalized spacial score (nSPS) is 14.8. The van der Waals surface area contributed by atoms with E-state index in [1.165, 1.54) is 5.32 Å². The molecule has 156 valence electrons. The summed E-state index contributed by atoms with van der Waals surface area (Å²) < 4.78 is 117. The Labute approximate surface area is 148 Å². The summed E-state index contributed by atoms with van der Waals surface area (Å²) in [7, 11) is -6.27. The SMILES string of the molecule is C=CCNC(=O)C(OCCC(F)(F)S(=O)(=O)[O-])(OC(=O)C(=C)F)C(F)(F)F. The number of esters is 1. The number of hydrogen-bond donors (Lipinski definition) is 1. The summed E-state index contributed by atoms with van der Waals surface area (Å²) in [5, 5.41) is -3.56. The Morgan fingerprint density at radius 1 is 1.19 bits per heavy atom. The number of ether oxygens (including phenoxy) is 2. The summed E-state index contributed by atoms with van der Waals surface area (Å²) in [6.45, 7) is 2.87. The first-order valence-electron chi connectivity index (χ1n) is 6.52. The zero-order chi connectivity index (χ0) is 21.7. The number of carbonyl (C=O) groups excluding carboxylic acids is 2. The van der Waals surface area contributed by atoms with Crippen LogP contribution in [0.4, 0.5) is 26.3 Å². The van der Waals surface area contributed by atoms with E-state index in [1.54, 1.807) is 0 Å². The van der Waals surface area contributed by atoms with Crippen LogP contribution in [0.15, 0.2) is 25.1 Å². The molecule has 0 bridgehead atoms. The predicted molar refractivity (Wildman–Crippen MR) is 73.5 cm³/mol. The fraction of sp³-hybridized carbons (Fsp3) is 0.500. The molecular weight excluding hydrogens is 416 g/mol. The highest BCUT2D eigenvalue weighted by Gasteiger charge is 2.66. The lowest BCUT2D eigenvalue weighted by Crippen LogP contribution is -2.61. The highest BCUT2D eigenvalue weighted by atomic mass is 32.2. The van der Waals surface area contributed by atoms with Crippen LogP contribution in [-0.2, 0) is 29.2 Å². The van der Waals surface area contributed by atoms with E-state index in [0.717, 1.165) is 6.08 Å². The van der Waals surface area contributed by atoms with E-state index in [2.05, 4.69) is 22.6 Å². The zero-order valence-electron chi connectivity index (χ0n) is 13.1. The minimum Gasteiger partial charge on any atom is -0.743 e. The van der Waals surface area contributed by atoms with Crippen LogP contribution in [0.1, 0.15) is 6.42 Å². The average molecular weight is 428 g/mol. The first kappa shape index (κ1) is 24.9. The molecule has 8 nitrogen and oxygen atoms in total. The Bertz CT molecular complexity index is 706. The van der Waals surface area contributed by atoms with Gasteiger partial charge in [0.2, 0.25) is 5.83 Å². The van der Waals surface area contributed by atoms with Gasteiger partial charge in [-0.1, -0.05) is 12.7 Å². The molecule has 0 aliphatic rings. The molecule has 0 radical (unpaired) electrons. The van der Waals surface area contributed by atoms with Gasteiger partial charge in [0, 0.05) is 13.0 Å². The molecule has 1 atom stereocenters. The van der Waals surface area contributed by atoms with Crippen molar-refractivity contribution in [2.45, 2.75) is 23.6 Å². The van der Waals surface area contributed by atoms with Gasteiger partial charge in [0.1, 0.15) is 0 Å². The number of halogens is 6. The molecule has 27 heavy (non-hydrogen) atoms. The molecule has 1 unspecified atom stereocenters. The molecular formula is C12H12F6NO7S-. The molecule has 0 fully saturated rings. The summed E-state index contributed by atoms with van der Waals surface area (Å²) in [6.07, 6.45) is -7.18. The smallest absolute Gasteiger partial charge is 0.466 e. The minimum absolute atomic E-state index is 0.640. The van der Waals surface area contributed by atoms with E-state index in [1.807, 2.05) is 0 Å². The van der Waals surface area contributed by atoms with Crippen LogP contribution in [0, 0.1) is 0 Å². The molecule has 0 aromatic rings. The number of alkyl halides is 5. The molecule has 0 heterocycles. The number of carbonyl (C=O) groups is 2. The van der Waals surface area contributed by atoms with Crippen molar-refractivity contribution in [3.05, 3.63) is 25.1 Å². The Morgan fingerprint density at radius 2 is 1.70 bits per heavy atom. The Kier molecular flexibility index (Phi) is 8.02. The average Bonchev–Trinajstić information content (AvgIpc) is 2.48. The maximum absolute atomic E-state index is 13.3. The summed E-state index contributed by atoms with van der Waals surface area (Å²) in [4.78, 5) is 22.9. The van der Waals surface area contributed by atoms with Crippen LogP contribution in [0.3, 0.4) is 0 Å². The number of rotatable bonds is 10. The van der Waals surface area contributed by atoms with Crippen molar-refractivity contribution in [1.82, 2.24) is 5.32 Å². The third-order valence-electron chi connectivity index (χ3n) is 2.60. The third kappa shape index (κ3) is 6.21. The summed E-state index contributed by atoms with van der Waals surface area (Å²) in [5.74, 6) is -11.4. The van der Waals surface area contributed by atoms with Gasteiger partial charge in [0.15, 0.2) is 10.1 Å². The van der Waals surface area contributed by atoms with Crippen LogP contribution in [-0.4, -0.2) is 55.2 Å². The van der Waals surface area contributed by atoms with Gasteiger partial charge >= 0.3 is 29.1 Å². The van der Waals surface area contributed by atoms with E-state index in [4.69, 9.17) is 0 Å². The highest BCUT2D eigenvalue weighted by Crippen LogP contribution is 2.37. The summed E-state index contributed by atoms with van der Waals surface area (Å²) >= 11 is 0. The lowest BCUT2D eigenvalue weighted by atomic mass is 10.2. The molecule has 0 rings (SSSR count). The molecule has 0 spiro atoms. The molecule has 0 saturated heterocycles. The van der Waals surface area contributed by atoms with Gasteiger partial charge in [-0.3, -0.25) is 4.79 Å². The number of nitrogens with one attached hydrogen (secondary N) is 1. The van der Waals surface area contributed by atoms with Crippen molar-refractivity contribution in [2.24, 2.45) is 0 Å². The van der Waals surface area contributed by atoms with Gasteiger partial charge in [-0.05, 0) is 0 Å². The Hall–Kier alpha value is -2.13. The molecule has 0 aromatic carbocycles. The van der Waals surface area contributed by atoms with Crippen molar-refractivity contribution < 1.29 is 58.4 Å². The van der Waals surface area contributed by atoms with E-state index in [0.29, 0.717) is 0 Å². The van der Waals surface area contributed by atoms with E-state index >= 15 is 0 Å². The quantitative estimate of drug-likeness (QED) is 0.138. The largest absolute Gasteiger partial charge is 0.743 e. The first-order chi connectivity index (χ1) is 12.0. The van der Waals surface area contributed by atoms with Crippen LogP contribution in [0.5, 0.6) is 0 Å². The third-order valence-corrected chi connectivity index (χ3v) is 3.54. The first-order valence-corrected chi connectivity index (χ1v) is 7.93. The van der Waals surface area contributed by atoms with Crippen LogP contribution in [0.25, 0.3) is 0 Å². The van der Waals surface area contributed by atoms with E-state index < -0.39 is 64.6 Å². The molecule has 0 aliphatic carbocycles. The van der Waals surface area contributed by atoms with Gasteiger partial charge in [0.05, 0.1) is 6.61 Å². The standard InChI is InChI=1S/C12H13F6NO7S/c1-3-5-19-9(21)11(12(16,17)18,26-8(20)7(2)13)25-6-4-10(14,15)27(22,23)24/h3H,1-2,4-6H2,(H,19,21)(H,22,23,24)/p-1. The second-order valence-electron chi connectivity index (χ2n) is 4.60. The predicted octanol–water partition coefficient (Wildman–Crippen LogP) is 1.12. The van der Waals surface area contributed by atoms with Gasteiger partial charge in [-0.25, -0.2) is 13.2 Å². The van der Waals surface area contributed by atoms with Crippen LogP contribution in [0.2, 0.25) is 0 Å². The van der Waals surface area contributed by atoms with Crippen molar-refractivity contribution >= 4 is 22.0 Å². The number of hydrogen-bond acceptors (Lipinski definition) is 7. The van der Waals surface area contributed by atoms with Crippen LogP contribution < -0.4 is 5.32 Å². The molecule has 0 saturated carbocycles. The minimum atomic E-state index is -6.27. The van der Waals surface area contributed by atoms with E-state index in [-0.39, 0.29) is 0 Å². The lowest BCUT2D eigenvalue weighted by Gasteiger charge is -2.33. The van der Waals surface area contributed by atoms with Gasteiger partial charge < -0.3 is 19.3 Å². The monoisotopic (exact) mass is 428 g/mol. The molecule has 0 aliphatic heterocycles. The van der Waals surface area contributed by atoms with Crippen molar-refractivity contribution in [3.63, 3.8) is 0 Å². The van der Waals surface area contributed by atoms with Crippen molar-refractivity contribution in [2.75, 3.05) is 13.2 Å².